The van der Waals surface area contributed by atoms with Gasteiger partial charge in [-0.2, -0.15) is 0 Å². The average Bonchev–Trinajstić information content (AvgIpc) is 3.15. The van der Waals surface area contributed by atoms with Crippen molar-refractivity contribution in [2.45, 2.75) is 213 Å². The molecule has 0 saturated heterocycles. The highest BCUT2D eigenvalue weighted by Crippen LogP contribution is 2.14. The lowest BCUT2D eigenvalue weighted by atomic mass is 10.1. The molecule has 54 heavy (non-hydrogen) atoms. The molecular formula is C47H83NO6. The fraction of sp³-hybridized carbons (Fsp3) is 0.787. The lowest BCUT2D eigenvalue weighted by Crippen LogP contribution is -2.37. The topological polar surface area (TPSA) is 90.0 Å². The minimum Gasteiger partial charge on any atom is -0.464 e. The molecule has 0 heterocycles. The Morgan fingerprint density at radius 1 is 0.500 bits per heavy atom. The van der Waals surface area contributed by atoms with Crippen LogP contribution < -0.4 is 0 Å². The Morgan fingerprint density at radius 3 is 1.24 bits per heavy atom. The van der Waals surface area contributed by atoms with Crippen molar-refractivity contribution in [2.75, 3.05) is 26.3 Å². The summed E-state index contributed by atoms with van der Waals surface area (Å²) in [5.41, 5.74) is 0.908. The minimum absolute atomic E-state index is 0.0264. The summed E-state index contributed by atoms with van der Waals surface area (Å²) in [7, 11) is 0. The number of nitrogens with zero attached hydrogens (tertiary/aromatic N) is 1. The number of carbonyl (C=O) groups excluding carboxylic acids is 4. The van der Waals surface area contributed by atoms with Gasteiger partial charge >= 0.3 is 11.9 Å². The number of allylic oxidation sites excluding steroid dienone is 5. The smallest absolute Gasteiger partial charge is 0.305 e. The SMILES string of the molecule is C=C/C=C/C(C)=C/C(=O)CCCCCCC(=O)N(CCOC(=O)CCCCCCCCCCCCC)CCOC(=O)CCCCCCCCCCCCC. The first-order chi connectivity index (χ1) is 26.3. The largest absolute Gasteiger partial charge is 0.464 e. The standard InChI is InChI=1S/C47H83NO6/c1-5-8-11-13-15-17-19-21-23-25-31-36-46(51)53-40-38-48(45(50)35-30-28-27-29-34-44(49)42-43(4)33-10-7-3)39-41-54-47(52)37-32-26-24-22-20-18-16-14-12-9-6-2/h7,10,33,42H,3,5-6,8-9,11-32,34-41H2,1-2,4H3/b33-10+,43-42+. The zero-order valence-corrected chi connectivity index (χ0v) is 35.5. The van der Waals surface area contributed by atoms with Gasteiger partial charge in [-0.25, -0.2) is 0 Å². The van der Waals surface area contributed by atoms with E-state index in [0.29, 0.717) is 38.8 Å². The summed E-state index contributed by atoms with van der Waals surface area (Å²) in [6.45, 7) is 10.9. The van der Waals surface area contributed by atoms with Gasteiger partial charge in [-0.3, -0.25) is 19.2 Å². The second-order valence-electron chi connectivity index (χ2n) is 15.3. The number of carbonyl (C=O) groups is 4. The number of esters is 2. The van der Waals surface area contributed by atoms with Crippen molar-refractivity contribution in [1.82, 2.24) is 4.90 Å². The van der Waals surface area contributed by atoms with Gasteiger partial charge in [0.05, 0.1) is 13.1 Å². The summed E-state index contributed by atoms with van der Waals surface area (Å²) in [6, 6.07) is 0. The number of amides is 1. The van der Waals surface area contributed by atoms with Crippen molar-refractivity contribution in [3.8, 4) is 0 Å². The van der Waals surface area contributed by atoms with Crippen LogP contribution >= 0.6 is 0 Å². The molecule has 0 bridgehead atoms. The Morgan fingerprint density at radius 2 is 0.852 bits per heavy atom. The van der Waals surface area contributed by atoms with E-state index in [1.165, 1.54) is 103 Å². The Kier molecular flexibility index (Phi) is 38.0. The van der Waals surface area contributed by atoms with Gasteiger partial charge in [0.1, 0.15) is 13.2 Å². The third-order valence-electron chi connectivity index (χ3n) is 10.0. The van der Waals surface area contributed by atoms with Crippen LogP contribution in [0.15, 0.2) is 36.5 Å². The van der Waals surface area contributed by atoms with Crippen LogP contribution in [0.25, 0.3) is 0 Å². The van der Waals surface area contributed by atoms with Crippen molar-refractivity contribution in [2.24, 2.45) is 0 Å². The summed E-state index contributed by atoms with van der Waals surface area (Å²) in [5, 5.41) is 0. The Bertz CT molecular complexity index is 958. The van der Waals surface area contributed by atoms with Crippen LogP contribution in [0, 0.1) is 0 Å². The van der Waals surface area contributed by atoms with Crippen LogP contribution in [-0.4, -0.2) is 54.8 Å². The predicted molar refractivity (Wildman–Crippen MR) is 226 cm³/mol. The molecule has 0 aliphatic rings. The van der Waals surface area contributed by atoms with Gasteiger partial charge in [0, 0.05) is 25.7 Å². The highest BCUT2D eigenvalue weighted by Gasteiger charge is 2.15. The van der Waals surface area contributed by atoms with Crippen LogP contribution in [0.2, 0.25) is 0 Å². The monoisotopic (exact) mass is 758 g/mol. The highest BCUT2D eigenvalue weighted by atomic mass is 16.5. The van der Waals surface area contributed by atoms with Gasteiger partial charge < -0.3 is 14.4 Å². The molecule has 0 aliphatic heterocycles. The number of rotatable bonds is 40. The Labute approximate surface area is 332 Å². The van der Waals surface area contributed by atoms with E-state index in [2.05, 4.69) is 20.4 Å². The first-order valence-corrected chi connectivity index (χ1v) is 22.4. The molecule has 1 amide bonds. The molecule has 0 atom stereocenters. The summed E-state index contributed by atoms with van der Waals surface area (Å²) in [6.07, 6.45) is 39.0. The molecule has 0 aromatic carbocycles. The lowest BCUT2D eigenvalue weighted by molar-refractivity contribution is -0.147. The van der Waals surface area contributed by atoms with E-state index in [-0.39, 0.29) is 36.8 Å². The molecule has 0 fully saturated rings. The van der Waals surface area contributed by atoms with E-state index < -0.39 is 0 Å². The van der Waals surface area contributed by atoms with Crippen LogP contribution in [0.1, 0.15) is 213 Å². The zero-order chi connectivity index (χ0) is 39.7. The first-order valence-electron chi connectivity index (χ1n) is 22.4. The molecule has 0 N–H and O–H groups in total. The van der Waals surface area contributed by atoms with Crippen LogP contribution in [0.4, 0.5) is 0 Å². The molecule has 0 spiro atoms. The van der Waals surface area contributed by atoms with Crippen molar-refractivity contribution in [3.05, 3.63) is 36.5 Å². The van der Waals surface area contributed by atoms with Crippen molar-refractivity contribution >= 4 is 23.6 Å². The second kappa shape index (κ2) is 40.0. The summed E-state index contributed by atoms with van der Waals surface area (Å²) >= 11 is 0. The maximum absolute atomic E-state index is 13.2. The highest BCUT2D eigenvalue weighted by molar-refractivity contribution is 5.90. The Hall–Kier alpha value is -2.70. The molecule has 312 valence electrons. The van der Waals surface area contributed by atoms with E-state index >= 15 is 0 Å². The molecule has 0 rings (SSSR count). The number of hydrogen-bond acceptors (Lipinski definition) is 6. The summed E-state index contributed by atoms with van der Waals surface area (Å²) in [4.78, 5) is 51.8. The van der Waals surface area contributed by atoms with Gasteiger partial charge in [-0.15, -0.1) is 0 Å². The van der Waals surface area contributed by atoms with Crippen molar-refractivity contribution < 1.29 is 28.7 Å². The fourth-order valence-electron chi connectivity index (χ4n) is 6.59. The zero-order valence-electron chi connectivity index (χ0n) is 35.5. The summed E-state index contributed by atoms with van der Waals surface area (Å²) < 4.78 is 11.0. The number of ketones is 1. The molecular weight excluding hydrogens is 675 g/mol. The lowest BCUT2D eigenvalue weighted by Gasteiger charge is -2.22. The normalized spacial score (nSPS) is 11.6. The van der Waals surface area contributed by atoms with E-state index in [9.17, 15) is 19.2 Å². The van der Waals surface area contributed by atoms with Crippen molar-refractivity contribution in [1.29, 1.82) is 0 Å². The molecule has 0 aromatic rings. The van der Waals surface area contributed by atoms with E-state index in [4.69, 9.17) is 9.47 Å². The van der Waals surface area contributed by atoms with Gasteiger partial charge in [0.2, 0.25) is 5.91 Å². The third kappa shape index (κ3) is 36.3. The molecule has 0 radical (unpaired) electrons. The van der Waals surface area contributed by atoms with Gasteiger partial charge in [-0.1, -0.05) is 180 Å². The average molecular weight is 758 g/mol. The van der Waals surface area contributed by atoms with E-state index in [0.717, 1.165) is 69.8 Å². The quantitative estimate of drug-likeness (QED) is 0.0267. The van der Waals surface area contributed by atoms with Crippen LogP contribution in [0.5, 0.6) is 0 Å². The van der Waals surface area contributed by atoms with Gasteiger partial charge in [0.15, 0.2) is 5.78 Å². The molecule has 7 nitrogen and oxygen atoms in total. The maximum Gasteiger partial charge on any atom is 0.305 e. The third-order valence-corrected chi connectivity index (χ3v) is 10.0. The maximum atomic E-state index is 13.2. The summed E-state index contributed by atoms with van der Waals surface area (Å²) in [5.74, 6) is -0.345. The first kappa shape index (κ1) is 51.3. The van der Waals surface area contributed by atoms with Gasteiger partial charge in [0.25, 0.3) is 0 Å². The molecule has 7 heteroatoms. The van der Waals surface area contributed by atoms with Crippen LogP contribution in [-0.2, 0) is 28.7 Å². The Balaban J connectivity index is 4.48. The molecule has 0 aromatic heterocycles. The minimum atomic E-state index is -0.215. The van der Waals surface area contributed by atoms with Gasteiger partial charge in [-0.05, 0) is 44.3 Å². The number of ether oxygens (including phenoxy) is 2. The van der Waals surface area contributed by atoms with Crippen molar-refractivity contribution in [3.63, 3.8) is 0 Å². The molecule has 0 aliphatic carbocycles. The fourth-order valence-corrected chi connectivity index (χ4v) is 6.59. The van der Waals surface area contributed by atoms with E-state index in [1.807, 2.05) is 19.1 Å². The molecule has 0 unspecified atom stereocenters. The van der Waals surface area contributed by atoms with Crippen LogP contribution in [0.3, 0.4) is 0 Å². The predicted octanol–water partition coefficient (Wildman–Crippen LogP) is 12.9. The number of unbranched alkanes of at least 4 members (excludes halogenated alkanes) is 23. The second-order valence-corrected chi connectivity index (χ2v) is 15.3. The number of hydrogen-bond donors (Lipinski definition) is 0. The molecule has 0 saturated carbocycles. The van der Waals surface area contributed by atoms with E-state index in [1.54, 1.807) is 17.1 Å².